The summed E-state index contributed by atoms with van der Waals surface area (Å²) in [4.78, 5) is 0.226. The highest BCUT2D eigenvalue weighted by Gasteiger charge is 2.56. The van der Waals surface area contributed by atoms with Gasteiger partial charge in [0.1, 0.15) is 5.75 Å². The van der Waals surface area contributed by atoms with Crippen LogP contribution in [0.25, 0.3) is 0 Å². The molecule has 124 valence electrons. The standard InChI is InChI=1S/C16H15F3O3S/c1-22-13-9-7-12(8-10-13)15(20,16(17,18)19)11-23(21)14-5-3-2-4-6-14/h2-10,20H,11H2,1H3. The van der Waals surface area contributed by atoms with Gasteiger partial charge in [0.15, 0.2) is 5.60 Å². The molecule has 23 heavy (non-hydrogen) atoms. The topological polar surface area (TPSA) is 46.5 Å². The molecular weight excluding hydrogens is 329 g/mol. The van der Waals surface area contributed by atoms with Crippen molar-refractivity contribution in [1.82, 2.24) is 0 Å². The van der Waals surface area contributed by atoms with Crippen LogP contribution in [0.4, 0.5) is 13.2 Å². The van der Waals surface area contributed by atoms with Crippen LogP contribution >= 0.6 is 0 Å². The molecule has 0 heterocycles. The van der Waals surface area contributed by atoms with Gasteiger partial charge in [0.25, 0.3) is 0 Å². The van der Waals surface area contributed by atoms with Gasteiger partial charge in [-0.05, 0) is 29.8 Å². The number of benzene rings is 2. The average Bonchev–Trinajstić information content (AvgIpc) is 2.54. The fourth-order valence-electron chi connectivity index (χ4n) is 2.04. The van der Waals surface area contributed by atoms with Gasteiger partial charge in [-0.3, -0.25) is 4.21 Å². The fraction of sp³-hybridized carbons (Fsp3) is 0.250. The van der Waals surface area contributed by atoms with Gasteiger partial charge < -0.3 is 9.84 Å². The van der Waals surface area contributed by atoms with Gasteiger partial charge in [0, 0.05) is 4.90 Å². The minimum atomic E-state index is -4.97. The van der Waals surface area contributed by atoms with Crippen molar-refractivity contribution in [3.63, 3.8) is 0 Å². The molecule has 2 rings (SSSR count). The van der Waals surface area contributed by atoms with Crippen molar-refractivity contribution in [2.45, 2.75) is 16.7 Å². The summed E-state index contributed by atoms with van der Waals surface area (Å²) in [7, 11) is -0.624. The molecule has 3 nitrogen and oxygen atoms in total. The molecule has 0 aliphatic heterocycles. The van der Waals surface area contributed by atoms with Gasteiger partial charge in [0.2, 0.25) is 0 Å². The summed E-state index contributed by atoms with van der Waals surface area (Å²) in [5, 5.41) is 10.3. The molecule has 2 aromatic rings. The lowest BCUT2D eigenvalue weighted by Crippen LogP contribution is -2.46. The Morgan fingerprint density at radius 2 is 1.61 bits per heavy atom. The van der Waals surface area contributed by atoms with Crippen molar-refractivity contribution in [2.75, 3.05) is 12.9 Å². The summed E-state index contributed by atoms with van der Waals surface area (Å²) in [6.07, 6.45) is -4.97. The molecule has 0 aliphatic rings. The van der Waals surface area contributed by atoms with E-state index in [1.165, 1.54) is 31.4 Å². The van der Waals surface area contributed by atoms with Gasteiger partial charge in [0.05, 0.1) is 23.7 Å². The molecule has 0 bridgehead atoms. The maximum atomic E-state index is 13.4. The third kappa shape index (κ3) is 3.73. The molecule has 0 aromatic heterocycles. The molecule has 1 N–H and O–H groups in total. The number of alkyl halides is 3. The summed E-state index contributed by atoms with van der Waals surface area (Å²) in [5.74, 6) is -0.616. The average molecular weight is 344 g/mol. The van der Waals surface area contributed by atoms with Crippen molar-refractivity contribution in [3.8, 4) is 5.75 Å². The van der Waals surface area contributed by atoms with Crippen LogP contribution in [0.15, 0.2) is 59.5 Å². The first kappa shape index (κ1) is 17.5. The molecule has 0 radical (unpaired) electrons. The zero-order valence-electron chi connectivity index (χ0n) is 12.2. The third-order valence-electron chi connectivity index (χ3n) is 3.38. The van der Waals surface area contributed by atoms with Crippen molar-refractivity contribution in [2.24, 2.45) is 0 Å². The molecule has 0 aliphatic carbocycles. The lowest BCUT2D eigenvalue weighted by Gasteiger charge is -2.30. The van der Waals surface area contributed by atoms with Crippen LogP contribution in [0.3, 0.4) is 0 Å². The van der Waals surface area contributed by atoms with Crippen molar-refractivity contribution >= 4 is 10.8 Å². The minimum Gasteiger partial charge on any atom is -0.497 e. The highest BCUT2D eigenvalue weighted by atomic mass is 32.2. The lowest BCUT2D eigenvalue weighted by molar-refractivity contribution is -0.256. The molecule has 0 amide bonds. The van der Waals surface area contributed by atoms with Gasteiger partial charge in [-0.15, -0.1) is 0 Å². The Bertz CT molecular complexity index is 671. The number of hydrogen-bond donors (Lipinski definition) is 1. The smallest absolute Gasteiger partial charge is 0.422 e. The first-order valence-corrected chi connectivity index (χ1v) is 7.97. The monoisotopic (exact) mass is 344 g/mol. The normalized spacial score (nSPS) is 15.7. The summed E-state index contributed by atoms with van der Waals surface area (Å²) in [6, 6.07) is 12.6. The Labute approximate surface area is 134 Å². The second kappa shape index (κ2) is 6.72. The second-order valence-corrected chi connectivity index (χ2v) is 6.34. The quantitative estimate of drug-likeness (QED) is 0.906. The molecule has 2 unspecified atom stereocenters. The van der Waals surface area contributed by atoms with E-state index in [1.54, 1.807) is 18.2 Å². The molecule has 2 aromatic carbocycles. The number of aliphatic hydroxyl groups is 1. The van der Waals surface area contributed by atoms with E-state index in [4.69, 9.17) is 4.74 Å². The molecule has 7 heteroatoms. The molecule has 2 atom stereocenters. The van der Waals surface area contributed by atoms with E-state index >= 15 is 0 Å². The number of ether oxygens (including phenoxy) is 1. The van der Waals surface area contributed by atoms with E-state index in [9.17, 15) is 22.5 Å². The Hall–Kier alpha value is -1.86. The van der Waals surface area contributed by atoms with Gasteiger partial charge in [-0.1, -0.05) is 30.3 Å². The van der Waals surface area contributed by atoms with E-state index < -0.39 is 28.3 Å². The predicted octanol–water partition coefficient (Wildman–Crippen LogP) is 3.25. The first-order chi connectivity index (χ1) is 10.8. The van der Waals surface area contributed by atoms with E-state index in [0.29, 0.717) is 5.75 Å². The van der Waals surface area contributed by atoms with E-state index in [1.807, 2.05) is 0 Å². The Morgan fingerprint density at radius 3 is 2.09 bits per heavy atom. The van der Waals surface area contributed by atoms with Crippen LogP contribution in [0.1, 0.15) is 5.56 Å². The van der Waals surface area contributed by atoms with Crippen LogP contribution in [0.5, 0.6) is 5.75 Å². The van der Waals surface area contributed by atoms with E-state index in [-0.39, 0.29) is 10.5 Å². The molecule has 0 saturated carbocycles. The van der Waals surface area contributed by atoms with Crippen molar-refractivity contribution in [3.05, 3.63) is 60.2 Å². The van der Waals surface area contributed by atoms with Crippen LogP contribution in [-0.2, 0) is 16.4 Å². The van der Waals surface area contributed by atoms with Crippen LogP contribution in [0, 0.1) is 0 Å². The van der Waals surface area contributed by atoms with Crippen LogP contribution < -0.4 is 4.74 Å². The number of rotatable bonds is 5. The number of methoxy groups -OCH3 is 1. The zero-order chi connectivity index (χ0) is 17.1. The second-order valence-electron chi connectivity index (χ2n) is 4.89. The van der Waals surface area contributed by atoms with Crippen LogP contribution in [-0.4, -0.2) is 28.4 Å². The first-order valence-electron chi connectivity index (χ1n) is 6.65. The van der Waals surface area contributed by atoms with Gasteiger partial charge in [-0.25, -0.2) is 0 Å². The Kier molecular flexibility index (Phi) is 5.11. The molecule has 0 spiro atoms. The highest BCUT2D eigenvalue weighted by molar-refractivity contribution is 7.85. The number of halogens is 3. The predicted molar refractivity (Wildman–Crippen MR) is 80.7 cm³/mol. The lowest BCUT2D eigenvalue weighted by atomic mass is 9.95. The van der Waals surface area contributed by atoms with E-state index in [2.05, 4.69) is 0 Å². The zero-order valence-corrected chi connectivity index (χ0v) is 13.0. The Balaban J connectivity index is 2.37. The summed E-state index contributed by atoms with van der Waals surface area (Å²) < 4.78 is 57.4. The van der Waals surface area contributed by atoms with Gasteiger partial charge >= 0.3 is 6.18 Å². The van der Waals surface area contributed by atoms with Crippen molar-refractivity contribution < 1.29 is 27.2 Å². The summed E-state index contributed by atoms with van der Waals surface area (Å²) in [6.45, 7) is 0. The number of hydrogen-bond acceptors (Lipinski definition) is 3. The molecule has 0 fully saturated rings. The molecule has 0 saturated heterocycles. The highest BCUT2D eigenvalue weighted by Crippen LogP contribution is 2.40. The third-order valence-corrected chi connectivity index (χ3v) is 4.86. The van der Waals surface area contributed by atoms with Gasteiger partial charge in [-0.2, -0.15) is 13.2 Å². The largest absolute Gasteiger partial charge is 0.497 e. The summed E-state index contributed by atoms with van der Waals surface area (Å²) >= 11 is 0. The summed E-state index contributed by atoms with van der Waals surface area (Å²) in [5.41, 5.74) is -3.59. The van der Waals surface area contributed by atoms with E-state index in [0.717, 1.165) is 12.1 Å². The molecular formula is C16H15F3O3S. The Morgan fingerprint density at radius 1 is 1.04 bits per heavy atom. The minimum absolute atomic E-state index is 0.226. The fourth-order valence-corrected chi connectivity index (χ4v) is 3.38. The van der Waals surface area contributed by atoms with Crippen LogP contribution in [0.2, 0.25) is 0 Å². The maximum Gasteiger partial charge on any atom is 0.422 e. The SMILES string of the molecule is COc1ccc(C(O)(CS(=O)c2ccccc2)C(F)(F)F)cc1. The van der Waals surface area contributed by atoms with Crippen molar-refractivity contribution in [1.29, 1.82) is 0 Å². The maximum absolute atomic E-state index is 13.4.